The second kappa shape index (κ2) is 5.57. The van der Waals surface area contributed by atoms with Crippen molar-refractivity contribution in [3.05, 3.63) is 48.0 Å². The van der Waals surface area contributed by atoms with Crippen LogP contribution in [0.4, 0.5) is 5.69 Å². The summed E-state index contributed by atoms with van der Waals surface area (Å²) in [6.07, 6.45) is 4.72. The lowest BCUT2D eigenvalue weighted by atomic mass is 9.95. The molecule has 2 aromatic rings. The maximum atomic E-state index is 12.3. The van der Waals surface area contributed by atoms with Gasteiger partial charge in [0.05, 0.1) is 16.0 Å². The minimum absolute atomic E-state index is 0.0477. The van der Waals surface area contributed by atoms with Crippen molar-refractivity contribution in [3.8, 4) is 0 Å². The molecular formula is C14H14ClN3O4. The van der Waals surface area contributed by atoms with Gasteiger partial charge < -0.3 is 4.98 Å². The lowest BCUT2D eigenvalue weighted by Gasteiger charge is -2.25. The monoisotopic (exact) mass is 323 g/mol. The quantitative estimate of drug-likeness (QED) is 0.522. The molecular weight excluding hydrogens is 310 g/mol. The van der Waals surface area contributed by atoms with E-state index in [-0.39, 0.29) is 22.3 Å². The molecule has 116 valence electrons. The van der Waals surface area contributed by atoms with Crippen molar-refractivity contribution in [1.82, 2.24) is 9.55 Å². The summed E-state index contributed by atoms with van der Waals surface area (Å²) in [4.78, 5) is 36.9. The first-order chi connectivity index (χ1) is 10.5. The first-order valence-electron chi connectivity index (χ1n) is 7.11. The minimum Gasteiger partial charge on any atom is -0.316 e. The van der Waals surface area contributed by atoms with E-state index in [2.05, 4.69) is 4.98 Å². The minimum atomic E-state index is -0.769. The molecule has 8 heteroatoms. The maximum Gasteiger partial charge on any atom is 0.316 e. The molecule has 7 nitrogen and oxygen atoms in total. The van der Waals surface area contributed by atoms with E-state index in [0.717, 1.165) is 32.1 Å². The third-order valence-electron chi connectivity index (χ3n) is 4.12. The molecule has 0 aliphatic heterocycles. The van der Waals surface area contributed by atoms with Crippen LogP contribution < -0.4 is 11.1 Å². The van der Waals surface area contributed by atoms with Gasteiger partial charge in [0.1, 0.15) is 5.02 Å². The van der Waals surface area contributed by atoms with Crippen LogP contribution in [0, 0.1) is 10.1 Å². The van der Waals surface area contributed by atoms with E-state index in [1.807, 2.05) is 0 Å². The Balaban J connectivity index is 2.32. The molecule has 0 amide bonds. The Morgan fingerprint density at radius 2 is 1.91 bits per heavy atom. The zero-order chi connectivity index (χ0) is 15.9. The number of hydrogen-bond acceptors (Lipinski definition) is 4. The average molecular weight is 324 g/mol. The first kappa shape index (κ1) is 14.8. The standard InChI is InChI=1S/C14H14ClN3O4/c15-9-6-12-10(7-11(9)18(21)22)16-13(19)14(20)17(12)8-4-2-1-3-5-8/h6-8H,1-5H2,(H,16,19). The van der Waals surface area contributed by atoms with Gasteiger partial charge >= 0.3 is 11.1 Å². The number of benzene rings is 1. The average Bonchev–Trinajstić information content (AvgIpc) is 2.49. The second-order valence-electron chi connectivity index (χ2n) is 5.50. The van der Waals surface area contributed by atoms with Gasteiger partial charge in [0.2, 0.25) is 0 Å². The first-order valence-corrected chi connectivity index (χ1v) is 7.49. The van der Waals surface area contributed by atoms with E-state index in [4.69, 9.17) is 11.6 Å². The molecule has 1 aromatic heterocycles. The summed E-state index contributed by atoms with van der Waals surface area (Å²) in [7, 11) is 0. The van der Waals surface area contributed by atoms with Crippen molar-refractivity contribution in [2.45, 2.75) is 38.1 Å². The third-order valence-corrected chi connectivity index (χ3v) is 4.43. The van der Waals surface area contributed by atoms with Crippen molar-refractivity contribution >= 4 is 28.3 Å². The summed E-state index contributed by atoms with van der Waals surface area (Å²) in [5, 5.41) is 10.9. The Morgan fingerprint density at radius 1 is 1.23 bits per heavy atom. The fraction of sp³-hybridized carbons (Fsp3) is 0.429. The number of aromatic nitrogens is 2. The highest BCUT2D eigenvalue weighted by atomic mass is 35.5. The van der Waals surface area contributed by atoms with Gasteiger partial charge in [0, 0.05) is 12.1 Å². The van der Waals surface area contributed by atoms with Gasteiger partial charge in [-0.1, -0.05) is 30.9 Å². The van der Waals surface area contributed by atoms with E-state index in [9.17, 15) is 19.7 Å². The molecule has 1 aliphatic rings. The number of nitrogens with zero attached hydrogens (tertiary/aromatic N) is 2. The van der Waals surface area contributed by atoms with Gasteiger partial charge in [0.15, 0.2) is 0 Å². The highest BCUT2D eigenvalue weighted by Gasteiger charge is 2.22. The molecule has 0 bridgehead atoms. The second-order valence-corrected chi connectivity index (χ2v) is 5.91. The number of nitro groups is 1. The predicted molar refractivity (Wildman–Crippen MR) is 82.6 cm³/mol. The van der Waals surface area contributed by atoms with E-state index in [1.54, 1.807) is 0 Å². The lowest BCUT2D eigenvalue weighted by Crippen LogP contribution is -2.38. The summed E-state index contributed by atoms with van der Waals surface area (Å²) >= 11 is 5.95. The molecule has 1 heterocycles. The number of halogens is 1. The summed E-state index contributed by atoms with van der Waals surface area (Å²) in [6.45, 7) is 0. The number of nitro benzene ring substituents is 1. The molecule has 1 aromatic carbocycles. The van der Waals surface area contributed by atoms with Gasteiger partial charge in [-0.2, -0.15) is 0 Å². The molecule has 0 saturated heterocycles. The molecule has 22 heavy (non-hydrogen) atoms. The zero-order valence-electron chi connectivity index (χ0n) is 11.7. The molecule has 0 atom stereocenters. The van der Waals surface area contributed by atoms with Crippen LogP contribution in [0.5, 0.6) is 0 Å². The maximum absolute atomic E-state index is 12.3. The highest BCUT2D eigenvalue weighted by molar-refractivity contribution is 6.33. The Morgan fingerprint density at radius 3 is 2.55 bits per heavy atom. The van der Waals surface area contributed by atoms with Crippen molar-refractivity contribution in [2.75, 3.05) is 0 Å². The molecule has 0 spiro atoms. The van der Waals surface area contributed by atoms with Crippen LogP contribution in [0.25, 0.3) is 11.0 Å². The Kier molecular flexibility index (Phi) is 3.74. The van der Waals surface area contributed by atoms with Crippen molar-refractivity contribution in [1.29, 1.82) is 0 Å². The Bertz CT molecular complexity index is 865. The smallest absolute Gasteiger partial charge is 0.316 e. The van der Waals surface area contributed by atoms with E-state index in [1.165, 1.54) is 16.7 Å². The number of hydrogen-bond donors (Lipinski definition) is 1. The van der Waals surface area contributed by atoms with E-state index in [0.29, 0.717) is 5.52 Å². The predicted octanol–water partition coefficient (Wildman–Crippen LogP) is 2.76. The fourth-order valence-electron chi connectivity index (χ4n) is 3.09. The number of fused-ring (bicyclic) bond motifs is 1. The Labute approximate surface area is 129 Å². The molecule has 3 rings (SSSR count). The molecule has 1 saturated carbocycles. The van der Waals surface area contributed by atoms with Crippen LogP contribution in [0.2, 0.25) is 5.02 Å². The molecule has 0 unspecified atom stereocenters. The highest BCUT2D eigenvalue weighted by Crippen LogP contribution is 2.32. The van der Waals surface area contributed by atoms with Crippen molar-refractivity contribution < 1.29 is 4.92 Å². The molecule has 1 N–H and O–H groups in total. The topological polar surface area (TPSA) is 98.0 Å². The van der Waals surface area contributed by atoms with Crippen LogP contribution in [0.15, 0.2) is 21.7 Å². The zero-order valence-corrected chi connectivity index (χ0v) is 12.4. The third kappa shape index (κ3) is 2.41. The molecule has 1 fully saturated rings. The van der Waals surface area contributed by atoms with Crippen LogP contribution in [0.1, 0.15) is 38.1 Å². The number of aromatic amines is 1. The summed E-state index contributed by atoms with van der Waals surface area (Å²) in [6, 6.07) is 2.53. The summed E-state index contributed by atoms with van der Waals surface area (Å²) < 4.78 is 1.45. The van der Waals surface area contributed by atoms with E-state index < -0.39 is 16.0 Å². The lowest BCUT2D eigenvalue weighted by molar-refractivity contribution is -0.384. The van der Waals surface area contributed by atoms with Gasteiger partial charge in [-0.05, 0) is 18.9 Å². The Hall–Kier alpha value is -2.15. The van der Waals surface area contributed by atoms with Crippen molar-refractivity contribution in [3.63, 3.8) is 0 Å². The normalized spacial score (nSPS) is 16.0. The summed E-state index contributed by atoms with van der Waals surface area (Å²) in [5.41, 5.74) is -1.00. The largest absolute Gasteiger partial charge is 0.316 e. The van der Waals surface area contributed by atoms with Crippen LogP contribution >= 0.6 is 11.6 Å². The number of rotatable bonds is 2. The number of nitrogens with one attached hydrogen (secondary N) is 1. The fourth-order valence-corrected chi connectivity index (χ4v) is 3.31. The van der Waals surface area contributed by atoms with Crippen LogP contribution in [-0.4, -0.2) is 14.5 Å². The number of H-pyrrole nitrogens is 1. The van der Waals surface area contributed by atoms with Crippen LogP contribution in [-0.2, 0) is 0 Å². The van der Waals surface area contributed by atoms with Gasteiger partial charge in [-0.3, -0.25) is 24.3 Å². The van der Waals surface area contributed by atoms with Gasteiger partial charge in [0.25, 0.3) is 5.69 Å². The molecule has 0 radical (unpaired) electrons. The molecule has 1 aliphatic carbocycles. The van der Waals surface area contributed by atoms with Crippen molar-refractivity contribution in [2.24, 2.45) is 0 Å². The SMILES string of the molecule is O=c1[nH]c2cc([N+](=O)[O-])c(Cl)cc2n(C2CCCCC2)c1=O. The van der Waals surface area contributed by atoms with Gasteiger partial charge in [-0.15, -0.1) is 0 Å². The van der Waals surface area contributed by atoms with Crippen LogP contribution in [0.3, 0.4) is 0 Å². The van der Waals surface area contributed by atoms with Gasteiger partial charge in [-0.25, -0.2) is 0 Å². The van der Waals surface area contributed by atoms with E-state index >= 15 is 0 Å². The summed E-state index contributed by atoms with van der Waals surface area (Å²) in [5.74, 6) is 0.